The van der Waals surface area contributed by atoms with Crippen LogP contribution in [0, 0.1) is 0 Å². The van der Waals surface area contributed by atoms with Crippen LogP contribution in [0.25, 0.3) is 11.3 Å². The Morgan fingerprint density at radius 3 is 2.88 bits per heavy atom. The molecule has 0 atom stereocenters. The fraction of sp³-hybridized carbons (Fsp3) is 0.154. The molecule has 80 valence electrons. The standard InChI is InChI=1S/C13H11NO2/c1-16-13(15)14-7-6-10-8-9-4-2-3-5-11(9)12(10)14/h2-7H,8H2,1H3. The van der Waals surface area contributed by atoms with Crippen molar-refractivity contribution in [1.82, 2.24) is 4.57 Å². The molecule has 0 spiro atoms. The number of benzene rings is 1. The first-order valence-corrected chi connectivity index (χ1v) is 5.18. The third kappa shape index (κ3) is 1.11. The minimum atomic E-state index is -0.335. The third-order valence-corrected chi connectivity index (χ3v) is 2.99. The second-order valence-electron chi connectivity index (χ2n) is 3.86. The Morgan fingerprint density at radius 1 is 1.25 bits per heavy atom. The summed E-state index contributed by atoms with van der Waals surface area (Å²) in [5, 5.41) is 0. The number of carbonyl (C=O) groups excluding carboxylic acids is 1. The van der Waals surface area contributed by atoms with Crippen LogP contribution in [0.4, 0.5) is 4.79 Å². The van der Waals surface area contributed by atoms with Crippen LogP contribution >= 0.6 is 0 Å². The fourth-order valence-corrected chi connectivity index (χ4v) is 2.28. The summed E-state index contributed by atoms with van der Waals surface area (Å²) < 4.78 is 6.33. The molecule has 0 amide bonds. The van der Waals surface area contributed by atoms with Crippen LogP contribution in [0.1, 0.15) is 11.1 Å². The first kappa shape index (κ1) is 9.21. The predicted molar refractivity (Wildman–Crippen MR) is 60.5 cm³/mol. The summed E-state index contributed by atoms with van der Waals surface area (Å²) in [6.45, 7) is 0. The summed E-state index contributed by atoms with van der Waals surface area (Å²) in [5.41, 5.74) is 4.56. The zero-order chi connectivity index (χ0) is 11.1. The Bertz CT molecular complexity index is 569. The van der Waals surface area contributed by atoms with E-state index in [4.69, 9.17) is 4.74 Å². The van der Waals surface area contributed by atoms with Gasteiger partial charge in [0, 0.05) is 18.2 Å². The Kier molecular flexibility index (Phi) is 1.86. The summed E-state index contributed by atoms with van der Waals surface area (Å²) in [4.78, 5) is 11.6. The number of fused-ring (bicyclic) bond motifs is 3. The average molecular weight is 213 g/mol. The van der Waals surface area contributed by atoms with E-state index in [0.29, 0.717) is 0 Å². The number of ether oxygens (including phenoxy) is 1. The van der Waals surface area contributed by atoms with Gasteiger partial charge in [-0.2, -0.15) is 0 Å². The molecule has 1 aliphatic rings. The number of aromatic nitrogens is 1. The van der Waals surface area contributed by atoms with Crippen molar-refractivity contribution in [2.45, 2.75) is 6.42 Å². The minimum absolute atomic E-state index is 0.335. The molecule has 0 saturated carbocycles. The Labute approximate surface area is 93.3 Å². The molecule has 3 heteroatoms. The highest BCUT2D eigenvalue weighted by molar-refractivity contribution is 5.84. The lowest BCUT2D eigenvalue weighted by Gasteiger charge is -2.05. The van der Waals surface area contributed by atoms with Gasteiger partial charge in [-0.15, -0.1) is 0 Å². The topological polar surface area (TPSA) is 31.2 Å². The molecule has 0 bridgehead atoms. The van der Waals surface area contributed by atoms with E-state index in [2.05, 4.69) is 6.07 Å². The van der Waals surface area contributed by atoms with Gasteiger partial charge in [0.2, 0.25) is 0 Å². The van der Waals surface area contributed by atoms with Gasteiger partial charge < -0.3 is 4.74 Å². The summed E-state index contributed by atoms with van der Waals surface area (Å²) in [6.07, 6.45) is 2.33. The first-order valence-electron chi connectivity index (χ1n) is 5.18. The van der Waals surface area contributed by atoms with Gasteiger partial charge in [-0.25, -0.2) is 4.79 Å². The maximum absolute atomic E-state index is 11.6. The molecule has 1 heterocycles. The molecule has 3 nitrogen and oxygen atoms in total. The van der Waals surface area contributed by atoms with Gasteiger partial charge in [-0.3, -0.25) is 4.57 Å². The molecular formula is C13H11NO2. The fourth-order valence-electron chi connectivity index (χ4n) is 2.28. The van der Waals surface area contributed by atoms with E-state index < -0.39 is 0 Å². The smallest absolute Gasteiger partial charge is 0.418 e. The Hall–Kier alpha value is -2.03. The normalized spacial score (nSPS) is 12.1. The summed E-state index contributed by atoms with van der Waals surface area (Å²) in [6, 6.07) is 10.1. The Balaban J connectivity index is 2.21. The van der Waals surface area contributed by atoms with E-state index >= 15 is 0 Å². The van der Waals surface area contributed by atoms with E-state index in [1.54, 1.807) is 10.8 Å². The molecule has 3 rings (SSSR count). The van der Waals surface area contributed by atoms with Gasteiger partial charge in [0.05, 0.1) is 12.8 Å². The van der Waals surface area contributed by atoms with E-state index in [9.17, 15) is 4.79 Å². The van der Waals surface area contributed by atoms with E-state index in [0.717, 1.165) is 17.7 Å². The lowest BCUT2D eigenvalue weighted by atomic mass is 10.1. The van der Waals surface area contributed by atoms with E-state index in [1.807, 2.05) is 24.3 Å². The van der Waals surface area contributed by atoms with Crippen molar-refractivity contribution in [2.24, 2.45) is 0 Å². The van der Waals surface area contributed by atoms with Gasteiger partial charge in [0.15, 0.2) is 0 Å². The number of hydrogen-bond acceptors (Lipinski definition) is 2. The molecule has 16 heavy (non-hydrogen) atoms. The molecule has 0 saturated heterocycles. The molecule has 0 N–H and O–H groups in total. The zero-order valence-electron chi connectivity index (χ0n) is 8.93. The largest absolute Gasteiger partial charge is 0.452 e. The number of methoxy groups -OCH3 is 1. The first-order chi connectivity index (χ1) is 7.81. The highest BCUT2D eigenvalue weighted by Gasteiger charge is 2.24. The maximum atomic E-state index is 11.6. The second kappa shape index (κ2) is 3.23. The summed E-state index contributed by atoms with van der Waals surface area (Å²) in [7, 11) is 1.40. The van der Waals surface area contributed by atoms with Crippen molar-refractivity contribution in [3.05, 3.63) is 47.7 Å². The number of carbonyl (C=O) groups is 1. The molecule has 0 unspecified atom stereocenters. The van der Waals surface area contributed by atoms with Gasteiger partial charge in [-0.05, 0) is 17.2 Å². The lowest BCUT2D eigenvalue weighted by molar-refractivity contribution is 0.173. The molecule has 0 aliphatic heterocycles. The molecule has 0 radical (unpaired) electrons. The van der Waals surface area contributed by atoms with Crippen molar-refractivity contribution in [3.8, 4) is 11.3 Å². The van der Waals surface area contributed by atoms with Crippen LogP contribution in [0.5, 0.6) is 0 Å². The van der Waals surface area contributed by atoms with Crippen molar-refractivity contribution < 1.29 is 9.53 Å². The maximum Gasteiger partial charge on any atom is 0.418 e. The van der Waals surface area contributed by atoms with Crippen LogP contribution < -0.4 is 0 Å². The number of rotatable bonds is 0. The summed E-state index contributed by atoms with van der Waals surface area (Å²) in [5.74, 6) is 0. The monoisotopic (exact) mass is 213 g/mol. The molecule has 0 fully saturated rings. The van der Waals surface area contributed by atoms with Crippen LogP contribution in [0.3, 0.4) is 0 Å². The second-order valence-corrected chi connectivity index (χ2v) is 3.86. The van der Waals surface area contributed by atoms with Crippen LogP contribution in [-0.4, -0.2) is 17.8 Å². The van der Waals surface area contributed by atoms with Crippen LogP contribution in [0.2, 0.25) is 0 Å². The average Bonchev–Trinajstić information content (AvgIpc) is 2.86. The molecule has 1 aliphatic carbocycles. The van der Waals surface area contributed by atoms with Crippen molar-refractivity contribution in [3.63, 3.8) is 0 Å². The van der Waals surface area contributed by atoms with Crippen LogP contribution in [0.15, 0.2) is 36.5 Å². The van der Waals surface area contributed by atoms with Crippen molar-refractivity contribution in [1.29, 1.82) is 0 Å². The predicted octanol–water partition coefficient (Wildman–Crippen LogP) is 2.67. The highest BCUT2D eigenvalue weighted by Crippen LogP contribution is 2.36. The Morgan fingerprint density at radius 2 is 2.06 bits per heavy atom. The third-order valence-electron chi connectivity index (χ3n) is 2.99. The van der Waals surface area contributed by atoms with Gasteiger partial charge in [0.1, 0.15) is 0 Å². The molecular weight excluding hydrogens is 202 g/mol. The SMILES string of the molecule is COC(=O)n1ccc2c1-c1ccccc1C2. The zero-order valence-corrected chi connectivity index (χ0v) is 8.93. The minimum Gasteiger partial charge on any atom is -0.452 e. The van der Waals surface area contributed by atoms with Crippen LogP contribution in [-0.2, 0) is 11.2 Å². The quantitative estimate of drug-likeness (QED) is 0.575. The highest BCUT2D eigenvalue weighted by atomic mass is 16.5. The summed E-state index contributed by atoms with van der Waals surface area (Å²) >= 11 is 0. The number of hydrogen-bond donors (Lipinski definition) is 0. The van der Waals surface area contributed by atoms with Crippen molar-refractivity contribution in [2.75, 3.05) is 7.11 Å². The van der Waals surface area contributed by atoms with Gasteiger partial charge >= 0.3 is 6.09 Å². The van der Waals surface area contributed by atoms with E-state index in [1.165, 1.54) is 18.2 Å². The lowest BCUT2D eigenvalue weighted by Crippen LogP contribution is -2.11. The molecule has 1 aromatic heterocycles. The van der Waals surface area contributed by atoms with Gasteiger partial charge in [-0.1, -0.05) is 24.3 Å². The molecule has 2 aromatic rings. The molecule has 1 aromatic carbocycles. The number of nitrogens with zero attached hydrogens (tertiary/aromatic N) is 1. The van der Waals surface area contributed by atoms with Gasteiger partial charge in [0.25, 0.3) is 0 Å². The van der Waals surface area contributed by atoms with E-state index in [-0.39, 0.29) is 6.09 Å². The van der Waals surface area contributed by atoms with Crippen molar-refractivity contribution >= 4 is 6.09 Å².